The number of nitro benzene ring substituents is 1. The lowest BCUT2D eigenvalue weighted by atomic mass is 10.1. The number of hydrogen-bond acceptors (Lipinski definition) is 5. The molecule has 0 bridgehead atoms. The van der Waals surface area contributed by atoms with Gasteiger partial charge in [-0.15, -0.1) is 0 Å². The second kappa shape index (κ2) is 7.93. The predicted octanol–water partition coefficient (Wildman–Crippen LogP) is 4.42. The van der Waals surface area contributed by atoms with Gasteiger partial charge in [0.25, 0.3) is 17.2 Å². The second-order valence-electron chi connectivity index (χ2n) is 7.48. The van der Waals surface area contributed by atoms with Gasteiger partial charge < -0.3 is 4.90 Å². The van der Waals surface area contributed by atoms with Gasteiger partial charge in [-0.1, -0.05) is 18.2 Å². The fraction of sp³-hybridized carbons (Fsp3) is 0.0417. The summed E-state index contributed by atoms with van der Waals surface area (Å²) >= 11 is 2.12. The van der Waals surface area contributed by atoms with Gasteiger partial charge in [0.1, 0.15) is 5.82 Å². The molecule has 0 fully saturated rings. The van der Waals surface area contributed by atoms with E-state index in [2.05, 4.69) is 27.6 Å². The zero-order chi connectivity index (χ0) is 23.3. The van der Waals surface area contributed by atoms with Crippen molar-refractivity contribution in [1.82, 2.24) is 9.55 Å². The topological polar surface area (TPSA) is 98.3 Å². The number of aromatic nitrogens is 2. The van der Waals surface area contributed by atoms with Gasteiger partial charge in [-0.3, -0.25) is 24.3 Å². The Hall–Kier alpha value is -3.86. The summed E-state index contributed by atoms with van der Waals surface area (Å²) in [5.41, 5.74) is 2.43. The van der Waals surface area contributed by atoms with Crippen LogP contribution < -0.4 is 10.5 Å². The minimum atomic E-state index is -0.500. The van der Waals surface area contributed by atoms with E-state index in [1.54, 1.807) is 30.2 Å². The molecule has 0 saturated heterocycles. The molecule has 0 saturated carbocycles. The van der Waals surface area contributed by atoms with Crippen LogP contribution in [-0.4, -0.2) is 27.4 Å². The minimum Gasteiger partial charge on any atom is -0.311 e. The molecule has 33 heavy (non-hydrogen) atoms. The van der Waals surface area contributed by atoms with Crippen LogP contribution >= 0.6 is 22.6 Å². The Kier molecular flexibility index (Phi) is 5.05. The van der Waals surface area contributed by atoms with Crippen LogP contribution in [-0.2, 0) is 4.79 Å². The Balaban J connectivity index is 1.80. The zero-order valence-electron chi connectivity index (χ0n) is 17.2. The minimum absolute atomic E-state index is 0.0866. The molecule has 1 aromatic heterocycles. The molecule has 1 aliphatic rings. The lowest BCUT2D eigenvalue weighted by Gasteiger charge is -2.12. The molecule has 1 amide bonds. The van der Waals surface area contributed by atoms with E-state index < -0.39 is 4.92 Å². The van der Waals surface area contributed by atoms with Crippen LogP contribution in [0.2, 0.25) is 0 Å². The Morgan fingerprint density at radius 2 is 1.76 bits per heavy atom. The fourth-order valence-corrected chi connectivity index (χ4v) is 4.40. The van der Waals surface area contributed by atoms with Crippen LogP contribution in [0.3, 0.4) is 0 Å². The molecule has 0 radical (unpaired) electrons. The van der Waals surface area contributed by atoms with Gasteiger partial charge in [0.05, 0.1) is 32.8 Å². The van der Waals surface area contributed by atoms with Crippen LogP contribution in [0.25, 0.3) is 28.2 Å². The molecule has 0 atom stereocenters. The summed E-state index contributed by atoms with van der Waals surface area (Å²) in [6, 6.07) is 18.4. The number of non-ortho nitro benzene ring substituents is 1. The van der Waals surface area contributed by atoms with Gasteiger partial charge in [-0.25, -0.2) is 4.98 Å². The molecule has 8 nitrogen and oxygen atoms in total. The number of hydrogen-bond donors (Lipinski definition) is 0. The maximum atomic E-state index is 13.5. The SMILES string of the molecule is CN1C(=O)C(=Cc2nc3ccc(I)cc3c(=O)n2-c2ccc([N+](=O)[O-])cc2)c2ccccc21. The third-order valence-electron chi connectivity index (χ3n) is 5.54. The van der Waals surface area contributed by atoms with Crippen molar-refractivity contribution in [1.29, 1.82) is 0 Å². The van der Waals surface area contributed by atoms with E-state index in [9.17, 15) is 19.7 Å². The first kappa shape index (κ1) is 21.0. The van der Waals surface area contributed by atoms with Crippen LogP contribution in [0.4, 0.5) is 11.4 Å². The predicted molar refractivity (Wildman–Crippen MR) is 134 cm³/mol. The lowest BCUT2D eigenvalue weighted by molar-refractivity contribution is -0.384. The zero-order valence-corrected chi connectivity index (χ0v) is 19.4. The quantitative estimate of drug-likeness (QED) is 0.163. The van der Waals surface area contributed by atoms with Crippen LogP contribution in [0, 0.1) is 13.7 Å². The molecule has 2 heterocycles. The normalized spacial score (nSPS) is 14.2. The van der Waals surface area contributed by atoms with Crippen LogP contribution in [0.1, 0.15) is 11.4 Å². The molecule has 5 rings (SSSR count). The summed E-state index contributed by atoms with van der Waals surface area (Å²) in [7, 11) is 1.70. The number of para-hydroxylation sites is 1. The molecule has 162 valence electrons. The molecule has 0 N–H and O–H groups in total. The highest BCUT2D eigenvalue weighted by molar-refractivity contribution is 14.1. The van der Waals surface area contributed by atoms with Crippen LogP contribution in [0.15, 0.2) is 71.5 Å². The van der Waals surface area contributed by atoms with Crippen molar-refractivity contribution in [2.24, 2.45) is 0 Å². The molecule has 0 spiro atoms. The molecular weight excluding hydrogens is 535 g/mol. The number of fused-ring (bicyclic) bond motifs is 2. The maximum absolute atomic E-state index is 13.5. The highest BCUT2D eigenvalue weighted by Gasteiger charge is 2.30. The number of benzene rings is 3. The Labute approximate surface area is 201 Å². The number of amides is 1. The molecule has 4 aromatic rings. The molecule has 0 aliphatic carbocycles. The van der Waals surface area contributed by atoms with Crippen molar-refractivity contribution in [3.63, 3.8) is 0 Å². The number of anilines is 1. The van der Waals surface area contributed by atoms with Gasteiger partial charge in [0, 0.05) is 28.3 Å². The van der Waals surface area contributed by atoms with Crippen molar-refractivity contribution in [2.45, 2.75) is 0 Å². The average molecular weight is 550 g/mol. The highest BCUT2D eigenvalue weighted by atomic mass is 127. The number of likely N-dealkylation sites (N-methyl/N-ethyl adjacent to an activating group) is 1. The van der Waals surface area contributed by atoms with Gasteiger partial charge in [0.15, 0.2) is 0 Å². The number of carbonyl (C=O) groups is 1. The van der Waals surface area contributed by atoms with E-state index in [-0.39, 0.29) is 23.0 Å². The van der Waals surface area contributed by atoms with Crippen molar-refractivity contribution < 1.29 is 9.72 Å². The number of nitrogens with zero attached hydrogens (tertiary/aromatic N) is 4. The van der Waals surface area contributed by atoms with Crippen molar-refractivity contribution in [3.05, 3.63) is 102 Å². The third-order valence-corrected chi connectivity index (χ3v) is 6.21. The van der Waals surface area contributed by atoms with Crippen molar-refractivity contribution in [3.8, 4) is 5.69 Å². The van der Waals surface area contributed by atoms with Gasteiger partial charge in [-0.2, -0.15) is 0 Å². The summed E-state index contributed by atoms with van der Waals surface area (Å²) in [6.07, 6.45) is 1.60. The largest absolute Gasteiger partial charge is 0.311 e. The highest BCUT2D eigenvalue weighted by Crippen LogP contribution is 2.36. The Morgan fingerprint density at radius 3 is 2.48 bits per heavy atom. The maximum Gasteiger partial charge on any atom is 0.269 e. The lowest BCUT2D eigenvalue weighted by Crippen LogP contribution is -2.23. The van der Waals surface area contributed by atoms with E-state index >= 15 is 0 Å². The fourth-order valence-electron chi connectivity index (χ4n) is 3.91. The monoisotopic (exact) mass is 550 g/mol. The Morgan fingerprint density at radius 1 is 1.03 bits per heavy atom. The Bertz CT molecular complexity index is 1560. The van der Waals surface area contributed by atoms with E-state index in [1.807, 2.05) is 30.3 Å². The molecule has 9 heteroatoms. The molecule has 1 aliphatic heterocycles. The summed E-state index contributed by atoms with van der Waals surface area (Å²) < 4.78 is 2.26. The smallest absolute Gasteiger partial charge is 0.269 e. The van der Waals surface area contributed by atoms with E-state index in [1.165, 1.54) is 28.8 Å². The summed E-state index contributed by atoms with van der Waals surface area (Å²) in [6.45, 7) is 0. The second-order valence-corrected chi connectivity index (χ2v) is 8.73. The molecule has 3 aromatic carbocycles. The van der Waals surface area contributed by atoms with Gasteiger partial charge >= 0.3 is 0 Å². The molecular formula is C24H15IN4O4. The number of nitro groups is 1. The van der Waals surface area contributed by atoms with Gasteiger partial charge in [-0.05, 0) is 65.1 Å². The summed E-state index contributed by atoms with van der Waals surface area (Å²) in [4.78, 5) is 43.4. The summed E-state index contributed by atoms with van der Waals surface area (Å²) in [5, 5.41) is 11.5. The van der Waals surface area contributed by atoms with E-state index in [0.717, 1.165) is 14.8 Å². The summed E-state index contributed by atoms with van der Waals surface area (Å²) in [5.74, 6) is 0.0550. The van der Waals surface area contributed by atoms with E-state index in [4.69, 9.17) is 0 Å². The third kappa shape index (κ3) is 3.50. The number of halogens is 1. The van der Waals surface area contributed by atoms with E-state index in [0.29, 0.717) is 22.2 Å². The average Bonchev–Trinajstić information content (AvgIpc) is 3.05. The van der Waals surface area contributed by atoms with Crippen molar-refractivity contribution in [2.75, 3.05) is 11.9 Å². The standard InChI is InChI=1S/C24H15IN4O4/c1-27-21-5-3-2-4-17(21)18(23(27)30)13-22-26-20-11-6-14(25)12-19(20)24(31)28(22)15-7-9-16(10-8-15)29(32)33/h2-13H,1H3. The van der Waals surface area contributed by atoms with Crippen LogP contribution in [0.5, 0.6) is 0 Å². The first-order valence-electron chi connectivity index (χ1n) is 9.91. The first-order valence-corrected chi connectivity index (χ1v) is 11.0. The van der Waals surface area contributed by atoms with Gasteiger partial charge in [0.2, 0.25) is 0 Å². The number of carbonyl (C=O) groups excluding carboxylic acids is 1. The molecule has 0 unspecified atom stereocenters. The first-order chi connectivity index (χ1) is 15.8. The number of rotatable bonds is 3. The van der Waals surface area contributed by atoms with Crippen molar-refractivity contribution >= 4 is 62.4 Å².